The van der Waals surface area contributed by atoms with Crippen molar-refractivity contribution >= 4 is 5.97 Å². The van der Waals surface area contributed by atoms with Crippen molar-refractivity contribution in [2.24, 2.45) is 0 Å². The summed E-state index contributed by atoms with van der Waals surface area (Å²) < 4.78 is 47.1. The second kappa shape index (κ2) is 9.04. The number of carbonyl (C=O) groups excluding carboxylic acids is 1. The molecule has 0 aromatic carbocycles. The highest BCUT2D eigenvalue weighted by Crippen LogP contribution is 2.43. The first-order valence-corrected chi connectivity index (χ1v) is 11.3. The van der Waals surface area contributed by atoms with Crippen molar-refractivity contribution in [3.8, 4) is 0 Å². The minimum atomic E-state index is -1.88. The Bertz CT molecular complexity index is 799. The van der Waals surface area contributed by atoms with Crippen LogP contribution in [0.1, 0.15) is 34.6 Å². The zero-order chi connectivity index (χ0) is 25.1. The van der Waals surface area contributed by atoms with Gasteiger partial charge in [0, 0.05) is 5.57 Å². The third-order valence-corrected chi connectivity index (χ3v) is 6.23. The molecule has 0 amide bonds. The van der Waals surface area contributed by atoms with Gasteiger partial charge < -0.3 is 53.2 Å². The zero-order valence-corrected chi connectivity index (χ0v) is 20.0. The summed E-state index contributed by atoms with van der Waals surface area (Å²) in [6.07, 6.45) is -9.03. The molecule has 0 bridgehead atoms. The summed E-state index contributed by atoms with van der Waals surface area (Å²) in [5.41, 5.74) is 0.0920. The Morgan fingerprint density at radius 3 is 2.29 bits per heavy atom. The van der Waals surface area contributed by atoms with Crippen LogP contribution in [0.4, 0.5) is 0 Å². The molecule has 0 aromatic heterocycles. The number of hydrogen-bond acceptors (Lipinski definition) is 12. The van der Waals surface area contributed by atoms with Gasteiger partial charge >= 0.3 is 5.97 Å². The Labute approximate surface area is 197 Å². The fraction of sp³-hybridized carbons (Fsp3) is 0.864. The summed E-state index contributed by atoms with van der Waals surface area (Å²) in [7, 11) is 0. The normalized spacial score (nSPS) is 45.5. The first kappa shape index (κ1) is 25.9. The van der Waals surface area contributed by atoms with E-state index in [0.717, 1.165) is 0 Å². The molecule has 4 aliphatic heterocycles. The van der Waals surface area contributed by atoms with E-state index in [9.17, 15) is 20.1 Å². The number of aliphatic hydroxyl groups is 3. The van der Waals surface area contributed by atoms with Gasteiger partial charge in [0.1, 0.15) is 43.2 Å². The van der Waals surface area contributed by atoms with Gasteiger partial charge in [-0.05, 0) is 34.6 Å². The number of rotatable bonds is 3. The van der Waals surface area contributed by atoms with Gasteiger partial charge in [0.05, 0.1) is 13.2 Å². The first-order valence-electron chi connectivity index (χ1n) is 11.3. The van der Waals surface area contributed by atoms with E-state index in [2.05, 4.69) is 6.58 Å². The summed E-state index contributed by atoms with van der Waals surface area (Å²) in [6.45, 7) is 10.9. The number of aliphatic hydroxyl groups excluding tert-OH is 3. The SMILES string of the molecule is C=C(C)C(=O)O[C@H]1[C@H](O)[C@@H](CO)O[C@]12COC(C)(C)O[C@H]1[C@H](O[C@@H]3COC(C)(C)O[C@H]3[C@@H]1O)O2. The Morgan fingerprint density at radius 2 is 1.65 bits per heavy atom. The van der Waals surface area contributed by atoms with E-state index in [-0.39, 0.29) is 18.8 Å². The highest BCUT2D eigenvalue weighted by molar-refractivity contribution is 5.87. The summed E-state index contributed by atoms with van der Waals surface area (Å²) in [5, 5.41) is 31.7. The van der Waals surface area contributed by atoms with E-state index >= 15 is 0 Å². The number of carbonyl (C=O) groups is 1. The Kier molecular flexibility index (Phi) is 6.88. The molecule has 4 fully saturated rings. The topological polar surface area (TPSA) is 152 Å². The lowest BCUT2D eigenvalue weighted by molar-refractivity contribution is -0.454. The van der Waals surface area contributed by atoms with Crippen LogP contribution in [-0.2, 0) is 42.7 Å². The molecule has 12 heteroatoms. The molecule has 1 spiro atoms. The van der Waals surface area contributed by atoms with Crippen molar-refractivity contribution in [2.45, 2.75) is 101 Å². The molecular weight excluding hydrogens is 456 g/mol. The molecule has 194 valence electrons. The van der Waals surface area contributed by atoms with Gasteiger partial charge in [-0.15, -0.1) is 0 Å². The molecule has 4 saturated heterocycles. The van der Waals surface area contributed by atoms with E-state index in [1.165, 1.54) is 6.92 Å². The maximum absolute atomic E-state index is 12.4. The quantitative estimate of drug-likeness (QED) is 0.340. The van der Waals surface area contributed by atoms with Gasteiger partial charge in [-0.1, -0.05) is 6.58 Å². The van der Waals surface area contributed by atoms with Gasteiger partial charge in [0.25, 0.3) is 0 Å². The maximum atomic E-state index is 12.4. The van der Waals surface area contributed by atoms with Crippen LogP contribution in [0, 0.1) is 0 Å². The molecule has 4 rings (SSSR count). The van der Waals surface area contributed by atoms with Crippen LogP contribution >= 0.6 is 0 Å². The number of hydrogen-bond donors (Lipinski definition) is 3. The van der Waals surface area contributed by atoms with Crippen LogP contribution in [0.5, 0.6) is 0 Å². The van der Waals surface area contributed by atoms with Gasteiger partial charge in [0.15, 0.2) is 24.0 Å². The van der Waals surface area contributed by atoms with E-state index in [1.807, 2.05) is 0 Å². The summed E-state index contributed by atoms with van der Waals surface area (Å²) in [6, 6.07) is 0. The molecule has 12 nitrogen and oxygen atoms in total. The maximum Gasteiger partial charge on any atom is 0.333 e. The Hall–Kier alpha value is -1.19. The van der Waals surface area contributed by atoms with Crippen molar-refractivity contribution in [2.75, 3.05) is 19.8 Å². The minimum Gasteiger partial charge on any atom is -0.450 e. The van der Waals surface area contributed by atoms with Gasteiger partial charge in [0.2, 0.25) is 5.79 Å². The highest BCUT2D eigenvalue weighted by Gasteiger charge is 2.64. The van der Waals surface area contributed by atoms with Crippen molar-refractivity contribution < 1.29 is 58.0 Å². The number of fused-ring (bicyclic) bond motifs is 2. The van der Waals surface area contributed by atoms with Crippen LogP contribution < -0.4 is 0 Å². The molecule has 4 aliphatic rings. The molecule has 4 heterocycles. The molecule has 0 unspecified atom stereocenters. The fourth-order valence-corrected chi connectivity index (χ4v) is 4.49. The largest absolute Gasteiger partial charge is 0.450 e. The molecule has 0 saturated carbocycles. The molecular formula is C22H34O12. The molecule has 3 N–H and O–H groups in total. The molecule has 9 atom stereocenters. The lowest BCUT2D eigenvalue weighted by atomic mass is 9.96. The molecule has 0 aromatic rings. The molecule has 34 heavy (non-hydrogen) atoms. The second-order valence-corrected chi connectivity index (χ2v) is 9.96. The number of esters is 1. The van der Waals surface area contributed by atoms with Crippen LogP contribution in [0.25, 0.3) is 0 Å². The van der Waals surface area contributed by atoms with E-state index in [0.29, 0.717) is 0 Å². The lowest BCUT2D eigenvalue weighted by Crippen LogP contribution is -2.69. The second-order valence-electron chi connectivity index (χ2n) is 9.96. The van der Waals surface area contributed by atoms with Crippen molar-refractivity contribution in [1.82, 2.24) is 0 Å². The van der Waals surface area contributed by atoms with Crippen LogP contribution in [0.2, 0.25) is 0 Å². The van der Waals surface area contributed by atoms with E-state index in [1.54, 1.807) is 27.7 Å². The Morgan fingerprint density at radius 1 is 1.00 bits per heavy atom. The summed E-state index contributed by atoms with van der Waals surface area (Å²) >= 11 is 0. The predicted molar refractivity (Wildman–Crippen MR) is 111 cm³/mol. The average molecular weight is 491 g/mol. The minimum absolute atomic E-state index is 0.0920. The standard InChI is InChI=1S/C22H34O12/c1-10(2)18(26)30-17-13(24)11(7-23)31-22(17)9-28-21(5,6)33-16-14(25)15-12(29-19(16)34-22)8-27-20(3,4)32-15/h11-17,19,23-25H,1,7-9H2,2-6H3/t11-,12-,13-,14+,15-,16-,17+,19-,22+/m1/s1. The Balaban J connectivity index is 1.68. The predicted octanol–water partition coefficient (Wildman–Crippen LogP) is -0.672. The fourth-order valence-electron chi connectivity index (χ4n) is 4.49. The lowest BCUT2D eigenvalue weighted by Gasteiger charge is -2.53. The summed E-state index contributed by atoms with van der Waals surface area (Å²) in [5.74, 6) is -4.89. The van der Waals surface area contributed by atoms with E-state index in [4.69, 9.17) is 37.9 Å². The van der Waals surface area contributed by atoms with Gasteiger partial charge in [-0.25, -0.2) is 4.79 Å². The summed E-state index contributed by atoms with van der Waals surface area (Å²) in [4.78, 5) is 12.4. The van der Waals surface area contributed by atoms with Crippen LogP contribution in [-0.4, -0.2) is 107 Å². The molecule has 0 radical (unpaired) electrons. The number of ether oxygens (including phenoxy) is 8. The molecule has 0 aliphatic carbocycles. The van der Waals surface area contributed by atoms with Gasteiger partial charge in [-0.3, -0.25) is 0 Å². The van der Waals surface area contributed by atoms with Crippen molar-refractivity contribution in [3.05, 3.63) is 12.2 Å². The third-order valence-electron chi connectivity index (χ3n) is 6.23. The van der Waals surface area contributed by atoms with Gasteiger partial charge in [-0.2, -0.15) is 0 Å². The zero-order valence-electron chi connectivity index (χ0n) is 20.0. The average Bonchev–Trinajstić information content (AvgIpc) is 3.00. The highest BCUT2D eigenvalue weighted by atomic mass is 16.9. The smallest absolute Gasteiger partial charge is 0.333 e. The van der Waals surface area contributed by atoms with E-state index < -0.39 is 79.0 Å². The van der Waals surface area contributed by atoms with Crippen molar-refractivity contribution in [3.63, 3.8) is 0 Å². The first-order chi connectivity index (χ1) is 15.8. The van der Waals surface area contributed by atoms with Crippen LogP contribution in [0.15, 0.2) is 12.2 Å². The third kappa shape index (κ3) is 4.76. The van der Waals surface area contributed by atoms with Crippen molar-refractivity contribution in [1.29, 1.82) is 0 Å². The monoisotopic (exact) mass is 490 g/mol. The van der Waals surface area contributed by atoms with Crippen LogP contribution in [0.3, 0.4) is 0 Å².